The predicted molar refractivity (Wildman–Crippen MR) is 102 cm³/mol. The third kappa shape index (κ3) is 3.61. The number of benzene rings is 1. The summed E-state index contributed by atoms with van der Waals surface area (Å²) in [6, 6.07) is 7.23. The van der Waals surface area contributed by atoms with Crippen LogP contribution in [0.3, 0.4) is 0 Å². The average molecular weight is 370 g/mol. The number of hydrogen-bond donors (Lipinski definition) is 2. The molecular weight excluding hydrogens is 344 g/mol. The summed E-state index contributed by atoms with van der Waals surface area (Å²) < 4.78 is 5.48. The van der Waals surface area contributed by atoms with Crippen LogP contribution in [0.15, 0.2) is 29.1 Å². The number of ether oxygens (including phenoxy) is 1. The van der Waals surface area contributed by atoms with Gasteiger partial charge < -0.3 is 15.0 Å². The molecule has 2 heterocycles. The van der Waals surface area contributed by atoms with Gasteiger partial charge >= 0.3 is 0 Å². The molecule has 2 fully saturated rings. The van der Waals surface area contributed by atoms with E-state index in [1.165, 1.54) is 6.42 Å². The fourth-order valence-electron chi connectivity index (χ4n) is 4.36. The molecule has 2 aromatic rings. The van der Waals surface area contributed by atoms with E-state index in [1.807, 2.05) is 18.2 Å². The van der Waals surface area contributed by atoms with E-state index in [9.17, 15) is 9.59 Å². The van der Waals surface area contributed by atoms with Gasteiger partial charge in [-0.3, -0.25) is 14.5 Å². The molecule has 1 aliphatic heterocycles. The second kappa shape index (κ2) is 7.78. The zero-order chi connectivity index (χ0) is 18.7. The van der Waals surface area contributed by atoms with Gasteiger partial charge in [0.05, 0.1) is 30.7 Å². The highest BCUT2D eigenvalue weighted by Gasteiger charge is 2.44. The van der Waals surface area contributed by atoms with Crippen LogP contribution in [0.2, 0.25) is 0 Å². The van der Waals surface area contributed by atoms with Crippen LogP contribution >= 0.6 is 0 Å². The Balaban J connectivity index is 1.52. The molecule has 27 heavy (non-hydrogen) atoms. The summed E-state index contributed by atoms with van der Waals surface area (Å²) in [5.74, 6) is 0.528. The van der Waals surface area contributed by atoms with E-state index in [4.69, 9.17) is 4.74 Å². The van der Waals surface area contributed by atoms with Crippen molar-refractivity contribution in [2.24, 2.45) is 0 Å². The van der Waals surface area contributed by atoms with E-state index in [2.05, 4.69) is 20.2 Å². The highest BCUT2D eigenvalue weighted by Crippen LogP contribution is 2.34. The fourth-order valence-corrected chi connectivity index (χ4v) is 4.36. The molecule has 4 rings (SSSR count). The number of aromatic nitrogens is 2. The molecule has 0 radical (unpaired) electrons. The van der Waals surface area contributed by atoms with Crippen molar-refractivity contribution in [3.8, 4) is 0 Å². The van der Waals surface area contributed by atoms with Crippen molar-refractivity contribution >= 4 is 16.8 Å². The molecule has 0 bridgehead atoms. The summed E-state index contributed by atoms with van der Waals surface area (Å²) >= 11 is 0. The van der Waals surface area contributed by atoms with E-state index in [1.54, 1.807) is 6.07 Å². The highest BCUT2D eigenvalue weighted by atomic mass is 16.5. The molecule has 7 heteroatoms. The van der Waals surface area contributed by atoms with Crippen LogP contribution in [0.1, 0.15) is 37.9 Å². The van der Waals surface area contributed by atoms with Gasteiger partial charge in [-0.2, -0.15) is 0 Å². The van der Waals surface area contributed by atoms with Gasteiger partial charge in [-0.25, -0.2) is 4.98 Å². The maximum absolute atomic E-state index is 13.2. The van der Waals surface area contributed by atoms with Gasteiger partial charge in [0.1, 0.15) is 11.4 Å². The van der Waals surface area contributed by atoms with Gasteiger partial charge in [0.25, 0.3) is 5.56 Å². The molecule has 1 aromatic heterocycles. The Morgan fingerprint density at radius 2 is 1.93 bits per heavy atom. The second-order valence-corrected chi connectivity index (χ2v) is 7.40. The lowest BCUT2D eigenvalue weighted by Gasteiger charge is -2.46. The van der Waals surface area contributed by atoms with Crippen molar-refractivity contribution in [3.63, 3.8) is 0 Å². The molecule has 1 saturated carbocycles. The summed E-state index contributed by atoms with van der Waals surface area (Å²) in [6.45, 7) is 3.16. The first-order valence-electron chi connectivity index (χ1n) is 9.78. The topological polar surface area (TPSA) is 87.3 Å². The quantitative estimate of drug-likeness (QED) is 0.853. The van der Waals surface area contributed by atoms with Crippen LogP contribution in [0.25, 0.3) is 10.9 Å². The van der Waals surface area contributed by atoms with Crippen LogP contribution in [-0.4, -0.2) is 52.6 Å². The minimum Gasteiger partial charge on any atom is -0.379 e. The third-order valence-electron chi connectivity index (χ3n) is 5.80. The first-order chi connectivity index (χ1) is 13.2. The second-order valence-electron chi connectivity index (χ2n) is 7.40. The molecule has 1 aromatic carbocycles. The van der Waals surface area contributed by atoms with Crippen molar-refractivity contribution in [1.29, 1.82) is 0 Å². The standard InChI is InChI=1S/C20H26N4O3/c25-18-15-6-2-3-7-16(15)22-17(23-18)14-21-19(26)20(8-4-1-5-9-20)24-10-12-27-13-11-24/h2-3,6-7H,1,4-5,8-14H2,(H,21,26)(H,22,23,25). The Bertz CT molecular complexity index is 867. The highest BCUT2D eigenvalue weighted by molar-refractivity contribution is 5.86. The van der Waals surface area contributed by atoms with Gasteiger partial charge in [0.2, 0.25) is 5.91 Å². The molecule has 144 valence electrons. The van der Waals surface area contributed by atoms with Crippen molar-refractivity contribution < 1.29 is 9.53 Å². The van der Waals surface area contributed by atoms with E-state index in [0.717, 1.165) is 38.8 Å². The zero-order valence-electron chi connectivity index (χ0n) is 15.5. The first-order valence-corrected chi connectivity index (χ1v) is 9.78. The number of nitrogens with zero attached hydrogens (tertiary/aromatic N) is 2. The molecule has 1 amide bonds. The Morgan fingerprint density at radius 3 is 2.70 bits per heavy atom. The number of carbonyl (C=O) groups excluding carboxylic acids is 1. The van der Waals surface area contributed by atoms with Gasteiger partial charge in [0, 0.05) is 13.1 Å². The number of rotatable bonds is 4. The summed E-state index contributed by atoms with van der Waals surface area (Å²) in [6.07, 6.45) is 5.06. The molecule has 1 saturated heterocycles. The van der Waals surface area contributed by atoms with Crippen LogP contribution in [-0.2, 0) is 16.1 Å². The molecule has 0 spiro atoms. The number of amides is 1. The van der Waals surface area contributed by atoms with Gasteiger partial charge in [-0.05, 0) is 25.0 Å². The number of nitrogens with one attached hydrogen (secondary N) is 2. The van der Waals surface area contributed by atoms with Gasteiger partial charge in [0.15, 0.2) is 0 Å². The van der Waals surface area contributed by atoms with Crippen LogP contribution in [0.4, 0.5) is 0 Å². The largest absolute Gasteiger partial charge is 0.379 e. The lowest BCUT2D eigenvalue weighted by Crippen LogP contribution is -2.62. The summed E-state index contributed by atoms with van der Waals surface area (Å²) in [5, 5.41) is 3.60. The van der Waals surface area contributed by atoms with Crippen LogP contribution < -0.4 is 10.9 Å². The van der Waals surface area contributed by atoms with Crippen molar-refractivity contribution in [1.82, 2.24) is 20.2 Å². The molecule has 1 aliphatic carbocycles. The summed E-state index contributed by atoms with van der Waals surface area (Å²) in [4.78, 5) is 35.0. The van der Waals surface area contributed by atoms with E-state index in [-0.39, 0.29) is 18.0 Å². The average Bonchev–Trinajstić information content (AvgIpc) is 2.73. The minimum atomic E-state index is -0.459. The Morgan fingerprint density at radius 1 is 1.19 bits per heavy atom. The number of aromatic amines is 1. The Hall–Kier alpha value is -2.25. The van der Waals surface area contributed by atoms with E-state index >= 15 is 0 Å². The van der Waals surface area contributed by atoms with Gasteiger partial charge in [-0.15, -0.1) is 0 Å². The zero-order valence-corrected chi connectivity index (χ0v) is 15.5. The lowest BCUT2D eigenvalue weighted by atomic mass is 9.79. The summed E-state index contributed by atoms with van der Waals surface area (Å²) in [5.41, 5.74) is 0.00980. The number of fused-ring (bicyclic) bond motifs is 1. The Kier molecular flexibility index (Phi) is 5.22. The molecular formula is C20H26N4O3. The van der Waals surface area contributed by atoms with Crippen LogP contribution in [0.5, 0.6) is 0 Å². The Labute approximate surface area is 158 Å². The van der Waals surface area contributed by atoms with E-state index < -0.39 is 5.54 Å². The smallest absolute Gasteiger partial charge is 0.258 e. The SMILES string of the molecule is O=C(NCc1nc2ccccc2c(=O)[nH]1)C1(N2CCOCC2)CCCCC1. The number of para-hydroxylation sites is 1. The maximum atomic E-state index is 13.2. The fraction of sp³-hybridized carbons (Fsp3) is 0.550. The number of H-pyrrole nitrogens is 1. The lowest BCUT2D eigenvalue weighted by molar-refractivity contribution is -0.140. The molecule has 0 atom stereocenters. The van der Waals surface area contributed by atoms with E-state index in [0.29, 0.717) is 29.9 Å². The van der Waals surface area contributed by atoms with Crippen LogP contribution in [0, 0.1) is 0 Å². The molecule has 2 N–H and O–H groups in total. The monoisotopic (exact) mass is 370 g/mol. The number of carbonyl (C=O) groups is 1. The third-order valence-corrected chi connectivity index (χ3v) is 5.80. The number of hydrogen-bond acceptors (Lipinski definition) is 5. The van der Waals surface area contributed by atoms with Gasteiger partial charge in [-0.1, -0.05) is 31.4 Å². The molecule has 2 aliphatic rings. The molecule has 7 nitrogen and oxygen atoms in total. The molecule has 0 unspecified atom stereocenters. The minimum absolute atomic E-state index is 0.0416. The maximum Gasteiger partial charge on any atom is 0.258 e. The first kappa shape index (κ1) is 18.1. The number of morpholine rings is 1. The normalized spacial score (nSPS) is 20.4. The van der Waals surface area contributed by atoms with Crippen molar-refractivity contribution in [2.45, 2.75) is 44.2 Å². The van der Waals surface area contributed by atoms with Crippen molar-refractivity contribution in [2.75, 3.05) is 26.3 Å². The predicted octanol–water partition coefficient (Wildman–Crippen LogP) is 1.57. The van der Waals surface area contributed by atoms with Crippen molar-refractivity contribution in [3.05, 3.63) is 40.4 Å². The summed E-state index contributed by atoms with van der Waals surface area (Å²) in [7, 11) is 0.